The van der Waals surface area contributed by atoms with Crippen LogP contribution < -0.4 is 0 Å². The number of benzene rings is 2. The first-order valence-electron chi connectivity index (χ1n) is 7.28. The van der Waals surface area contributed by atoms with Crippen molar-refractivity contribution in [3.8, 4) is 11.5 Å². The van der Waals surface area contributed by atoms with Gasteiger partial charge in [0.1, 0.15) is 0 Å². The summed E-state index contributed by atoms with van der Waals surface area (Å²) in [6.07, 6.45) is -1.53. The number of phenolic OH excluding ortho intramolecular Hbond substituents is 2. The van der Waals surface area contributed by atoms with E-state index in [1.165, 1.54) is 36.4 Å². The van der Waals surface area contributed by atoms with E-state index in [-0.39, 0.29) is 24.5 Å². The second-order valence-corrected chi connectivity index (χ2v) is 5.19. The van der Waals surface area contributed by atoms with E-state index in [0.717, 1.165) is 18.2 Å². The van der Waals surface area contributed by atoms with Gasteiger partial charge in [0, 0.05) is 12.5 Å². The van der Waals surface area contributed by atoms with Crippen LogP contribution in [0.15, 0.2) is 48.5 Å². The lowest BCUT2D eigenvalue weighted by Gasteiger charge is -2.07. The van der Waals surface area contributed by atoms with Crippen molar-refractivity contribution in [3.63, 3.8) is 0 Å². The Hall–Kier alpha value is -2.96. The quantitative estimate of drug-likeness (QED) is 0.486. The highest BCUT2D eigenvalue weighted by Gasteiger charge is 2.29. The van der Waals surface area contributed by atoms with Crippen molar-refractivity contribution in [1.29, 1.82) is 0 Å². The number of rotatable bonds is 5. The molecule has 25 heavy (non-hydrogen) atoms. The van der Waals surface area contributed by atoms with Crippen molar-refractivity contribution < 1.29 is 32.9 Å². The number of carbonyl (C=O) groups is 1. The van der Waals surface area contributed by atoms with Gasteiger partial charge >= 0.3 is 12.1 Å². The number of esters is 1. The largest absolute Gasteiger partial charge is 0.504 e. The molecular formula is C18H15F3O4. The van der Waals surface area contributed by atoms with Gasteiger partial charge in [-0.15, -0.1) is 0 Å². The van der Waals surface area contributed by atoms with Crippen LogP contribution in [0.2, 0.25) is 0 Å². The lowest BCUT2D eigenvalue weighted by molar-refractivity contribution is -0.138. The van der Waals surface area contributed by atoms with Crippen LogP contribution in [0.4, 0.5) is 13.2 Å². The van der Waals surface area contributed by atoms with Crippen LogP contribution >= 0.6 is 0 Å². The van der Waals surface area contributed by atoms with Gasteiger partial charge in [0.05, 0.1) is 12.2 Å². The fourth-order valence-corrected chi connectivity index (χ4v) is 1.99. The van der Waals surface area contributed by atoms with Crippen LogP contribution in [0.25, 0.3) is 6.08 Å². The molecule has 0 bridgehead atoms. The molecule has 7 heteroatoms. The SMILES string of the molecule is O=C(/C=C/c1ccc(O)c(O)c1)OCCc1ccc(C(F)(F)F)cc1. The van der Waals surface area contributed by atoms with Crippen molar-refractivity contribution in [2.24, 2.45) is 0 Å². The van der Waals surface area contributed by atoms with Crippen molar-refractivity contribution >= 4 is 12.0 Å². The molecule has 0 heterocycles. The highest BCUT2D eigenvalue weighted by molar-refractivity contribution is 5.87. The van der Waals surface area contributed by atoms with Gasteiger partial charge in [-0.05, 0) is 41.5 Å². The van der Waals surface area contributed by atoms with E-state index in [9.17, 15) is 28.2 Å². The fraction of sp³-hybridized carbons (Fsp3) is 0.167. The summed E-state index contributed by atoms with van der Waals surface area (Å²) < 4.78 is 42.3. The average molecular weight is 352 g/mol. The summed E-state index contributed by atoms with van der Waals surface area (Å²) in [7, 11) is 0. The Balaban J connectivity index is 1.82. The molecule has 132 valence electrons. The summed E-state index contributed by atoms with van der Waals surface area (Å²) in [5.41, 5.74) is 0.386. The smallest absolute Gasteiger partial charge is 0.416 e. The number of alkyl halides is 3. The summed E-state index contributed by atoms with van der Waals surface area (Å²) in [4.78, 5) is 11.6. The third-order valence-electron chi connectivity index (χ3n) is 3.33. The maximum absolute atomic E-state index is 12.4. The number of aromatic hydroxyl groups is 2. The molecule has 0 fully saturated rings. The summed E-state index contributed by atoms with van der Waals surface area (Å²) in [5.74, 6) is -1.20. The van der Waals surface area contributed by atoms with Crippen molar-refractivity contribution in [3.05, 3.63) is 65.2 Å². The Labute approximate surface area is 141 Å². The Kier molecular flexibility index (Phi) is 5.69. The minimum Gasteiger partial charge on any atom is -0.504 e. The number of phenols is 2. The Bertz CT molecular complexity index is 765. The maximum Gasteiger partial charge on any atom is 0.416 e. The summed E-state index contributed by atoms with van der Waals surface area (Å²) in [5, 5.41) is 18.5. The van der Waals surface area contributed by atoms with E-state index in [0.29, 0.717) is 11.1 Å². The van der Waals surface area contributed by atoms with Gasteiger partial charge in [0.25, 0.3) is 0 Å². The fourth-order valence-electron chi connectivity index (χ4n) is 1.99. The molecule has 0 amide bonds. The molecule has 0 radical (unpaired) electrons. The van der Waals surface area contributed by atoms with Crippen LogP contribution in [0.5, 0.6) is 11.5 Å². The van der Waals surface area contributed by atoms with E-state index >= 15 is 0 Å². The second kappa shape index (κ2) is 7.74. The summed E-state index contributed by atoms with van der Waals surface area (Å²) >= 11 is 0. The molecule has 0 spiro atoms. The van der Waals surface area contributed by atoms with Gasteiger partial charge in [-0.1, -0.05) is 18.2 Å². The Morgan fingerprint density at radius 2 is 1.72 bits per heavy atom. The third kappa shape index (κ3) is 5.56. The van der Waals surface area contributed by atoms with Gasteiger partial charge in [-0.3, -0.25) is 0 Å². The molecule has 0 aliphatic rings. The van der Waals surface area contributed by atoms with E-state index < -0.39 is 17.7 Å². The molecule has 0 aromatic heterocycles. The van der Waals surface area contributed by atoms with E-state index in [1.807, 2.05) is 0 Å². The molecule has 2 N–H and O–H groups in total. The number of hydrogen-bond donors (Lipinski definition) is 2. The molecule has 2 rings (SSSR count). The highest BCUT2D eigenvalue weighted by Crippen LogP contribution is 2.29. The van der Waals surface area contributed by atoms with Crippen LogP contribution in [-0.4, -0.2) is 22.8 Å². The average Bonchev–Trinajstić information content (AvgIpc) is 2.55. The highest BCUT2D eigenvalue weighted by atomic mass is 19.4. The molecule has 4 nitrogen and oxygen atoms in total. The number of hydrogen-bond acceptors (Lipinski definition) is 4. The Morgan fingerprint density at radius 3 is 2.32 bits per heavy atom. The predicted octanol–water partition coefficient (Wildman–Crippen LogP) is 3.92. The zero-order valence-electron chi connectivity index (χ0n) is 13.0. The molecule has 0 saturated carbocycles. The van der Waals surface area contributed by atoms with Crippen LogP contribution in [0, 0.1) is 0 Å². The molecule has 0 unspecified atom stereocenters. The van der Waals surface area contributed by atoms with E-state index in [4.69, 9.17) is 4.74 Å². The molecule has 0 aliphatic carbocycles. The normalized spacial score (nSPS) is 11.6. The van der Waals surface area contributed by atoms with Crippen LogP contribution in [-0.2, 0) is 22.1 Å². The maximum atomic E-state index is 12.4. The Morgan fingerprint density at radius 1 is 1.04 bits per heavy atom. The second-order valence-electron chi connectivity index (χ2n) is 5.19. The molecule has 0 aliphatic heterocycles. The number of ether oxygens (including phenoxy) is 1. The first-order valence-corrected chi connectivity index (χ1v) is 7.28. The first-order chi connectivity index (χ1) is 11.8. The van der Waals surface area contributed by atoms with E-state index in [1.54, 1.807) is 0 Å². The lowest BCUT2D eigenvalue weighted by atomic mass is 10.1. The predicted molar refractivity (Wildman–Crippen MR) is 84.9 cm³/mol. The molecule has 2 aromatic rings. The summed E-state index contributed by atoms with van der Waals surface area (Å²) in [6, 6.07) is 8.70. The van der Waals surface area contributed by atoms with Gasteiger partial charge < -0.3 is 14.9 Å². The van der Waals surface area contributed by atoms with Gasteiger partial charge in [0.15, 0.2) is 11.5 Å². The minimum atomic E-state index is -4.38. The van der Waals surface area contributed by atoms with Crippen LogP contribution in [0.1, 0.15) is 16.7 Å². The van der Waals surface area contributed by atoms with Gasteiger partial charge in [0.2, 0.25) is 0 Å². The molecule has 0 saturated heterocycles. The zero-order chi connectivity index (χ0) is 18.4. The number of halogens is 3. The topological polar surface area (TPSA) is 66.8 Å². The molecule has 2 aromatic carbocycles. The molecule has 0 atom stereocenters. The lowest BCUT2D eigenvalue weighted by Crippen LogP contribution is -2.06. The summed E-state index contributed by atoms with van der Waals surface area (Å²) in [6.45, 7) is 0.0232. The minimum absolute atomic E-state index is 0.0232. The third-order valence-corrected chi connectivity index (χ3v) is 3.33. The standard InChI is InChI=1S/C18H15F3O4/c19-18(20,21)14-5-1-12(2-6-14)9-10-25-17(24)8-4-13-3-7-15(22)16(23)11-13/h1-8,11,22-23H,9-10H2/b8-4+. The van der Waals surface area contributed by atoms with Crippen molar-refractivity contribution in [2.45, 2.75) is 12.6 Å². The first kappa shape index (κ1) is 18.4. The number of carbonyl (C=O) groups excluding carboxylic acids is 1. The monoisotopic (exact) mass is 352 g/mol. The van der Waals surface area contributed by atoms with Crippen molar-refractivity contribution in [2.75, 3.05) is 6.61 Å². The van der Waals surface area contributed by atoms with Gasteiger partial charge in [-0.2, -0.15) is 13.2 Å². The molecular weight excluding hydrogens is 337 g/mol. The van der Waals surface area contributed by atoms with Crippen LogP contribution in [0.3, 0.4) is 0 Å². The van der Waals surface area contributed by atoms with Gasteiger partial charge in [-0.25, -0.2) is 4.79 Å². The van der Waals surface area contributed by atoms with E-state index in [2.05, 4.69) is 0 Å². The van der Waals surface area contributed by atoms with Crippen molar-refractivity contribution in [1.82, 2.24) is 0 Å². The zero-order valence-corrected chi connectivity index (χ0v) is 13.0.